The molecule has 2 aromatic rings. The predicted octanol–water partition coefficient (Wildman–Crippen LogP) is 4.80. The first-order valence-corrected chi connectivity index (χ1v) is 10.5. The zero-order valence-corrected chi connectivity index (χ0v) is 16.9. The van der Waals surface area contributed by atoms with Gasteiger partial charge in [-0.3, -0.25) is 4.79 Å². The second kappa shape index (κ2) is 9.41. The normalized spacial score (nSPS) is 14.6. The molecule has 0 radical (unpaired) electrons. The summed E-state index contributed by atoms with van der Waals surface area (Å²) >= 11 is 7.51. The van der Waals surface area contributed by atoms with Crippen molar-refractivity contribution in [1.29, 1.82) is 0 Å². The van der Waals surface area contributed by atoms with Crippen molar-refractivity contribution in [3.63, 3.8) is 0 Å². The van der Waals surface area contributed by atoms with E-state index in [1.54, 1.807) is 24.3 Å². The summed E-state index contributed by atoms with van der Waals surface area (Å²) in [5.74, 6) is -1.32. The Bertz CT molecular complexity index is 845. The predicted molar refractivity (Wildman–Crippen MR) is 112 cm³/mol. The Morgan fingerprint density at radius 2 is 1.82 bits per heavy atom. The Morgan fingerprint density at radius 3 is 2.43 bits per heavy atom. The minimum Gasteiger partial charge on any atom is -0.478 e. The number of halogens is 1. The summed E-state index contributed by atoms with van der Waals surface area (Å²) in [6.45, 7) is 0.438. The smallest absolute Gasteiger partial charge is 0.339 e. The standard InChI is InChI=1S/C20H23ClN2O4S/c21-17-15(12-4-2-1-3-5-12)16(20(26)27)19(28-17)23-18(25)13-6-8-14(9-7-13)22-10-11-24/h6-9,12,22,24H,1-5,10-11H2,(H,23,25)(H,26,27). The molecule has 1 aliphatic carbocycles. The van der Waals surface area contributed by atoms with Crippen LogP contribution in [-0.2, 0) is 0 Å². The Labute approximate surface area is 172 Å². The number of amides is 1. The number of aromatic carboxylic acids is 1. The molecule has 0 atom stereocenters. The third-order valence-electron chi connectivity index (χ3n) is 4.94. The van der Waals surface area contributed by atoms with Crippen molar-refractivity contribution in [2.75, 3.05) is 23.8 Å². The van der Waals surface area contributed by atoms with Crippen LogP contribution in [0.2, 0.25) is 4.34 Å². The average Bonchev–Trinajstić information content (AvgIpc) is 3.03. The van der Waals surface area contributed by atoms with Crippen LogP contribution in [0.1, 0.15) is 64.3 Å². The van der Waals surface area contributed by atoms with Crippen molar-refractivity contribution in [2.45, 2.75) is 38.0 Å². The lowest BCUT2D eigenvalue weighted by molar-refractivity contribution is 0.0696. The molecule has 1 fully saturated rings. The van der Waals surface area contributed by atoms with E-state index in [1.165, 1.54) is 0 Å². The molecule has 4 N–H and O–H groups in total. The fourth-order valence-electron chi connectivity index (χ4n) is 3.59. The van der Waals surface area contributed by atoms with Gasteiger partial charge < -0.3 is 20.8 Å². The van der Waals surface area contributed by atoms with Gasteiger partial charge in [-0.15, -0.1) is 11.3 Å². The number of thiophene rings is 1. The van der Waals surface area contributed by atoms with E-state index in [1.807, 2.05) is 0 Å². The van der Waals surface area contributed by atoms with E-state index in [2.05, 4.69) is 10.6 Å². The van der Waals surface area contributed by atoms with Crippen LogP contribution in [0.25, 0.3) is 0 Å². The van der Waals surface area contributed by atoms with E-state index in [0.29, 0.717) is 22.0 Å². The summed E-state index contributed by atoms with van der Waals surface area (Å²) in [5, 5.41) is 24.6. The molecule has 0 spiro atoms. The van der Waals surface area contributed by atoms with Crippen molar-refractivity contribution in [3.05, 3.63) is 45.3 Å². The fourth-order valence-corrected chi connectivity index (χ4v) is 5.07. The minimum absolute atomic E-state index is 0.0165. The lowest BCUT2D eigenvalue weighted by Gasteiger charge is -2.22. The summed E-state index contributed by atoms with van der Waals surface area (Å²) in [6, 6.07) is 6.76. The highest BCUT2D eigenvalue weighted by atomic mass is 35.5. The van der Waals surface area contributed by atoms with Crippen LogP contribution in [0.15, 0.2) is 24.3 Å². The van der Waals surface area contributed by atoms with Gasteiger partial charge in [0.2, 0.25) is 0 Å². The maximum Gasteiger partial charge on any atom is 0.339 e. The van der Waals surface area contributed by atoms with E-state index >= 15 is 0 Å². The van der Waals surface area contributed by atoms with Gasteiger partial charge in [0, 0.05) is 23.4 Å². The zero-order chi connectivity index (χ0) is 20.1. The molecule has 1 aliphatic rings. The maximum atomic E-state index is 12.6. The van der Waals surface area contributed by atoms with Gasteiger partial charge in [-0.2, -0.15) is 0 Å². The summed E-state index contributed by atoms with van der Waals surface area (Å²) in [5.41, 5.74) is 1.99. The highest BCUT2D eigenvalue weighted by Crippen LogP contribution is 2.46. The number of carbonyl (C=O) groups is 2. The third-order valence-corrected chi connectivity index (χ3v) is 6.29. The van der Waals surface area contributed by atoms with E-state index < -0.39 is 5.97 Å². The summed E-state index contributed by atoms with van der Waals surface area (Å²) in [6.07, 6.45) is 5.13. The lowest BCUT2D eigenvalue weighted by atomic mass is 9.83. The van der Waals surface area contributed by atoms with Gasteiger partial charge in [0.05, 0.1) is 16.5 Å². The van der Waals surface area contributed by atoms with E-state index in [9.17, 15) is 14.7 Å². The molecule has 28 heavy (non-hydrogen) atoms. The van der Waals surface area contributed by atoms with Crippen LogP contribution in [0.3, 0.4) is 0 Å². The second-order valence-electron chi connectivity index (χ2n) is 6.82. The quantitative estimate of drug-likeness (QED) is 0.513. The molecule has 1 aromatic carbocycles. The highest BCUT2D eigenvalue weighted by molar-refractivity contribution is 7.20. The number of anilines is 2. The minimum atomic E-state index is -1.07. The number of aliphatic hydroxyl groups is 1. The molecule has 150 valence electrons. The third kappa shape index (κ3) is 4.66. The van der Waals surface area contributed by atoms with E-state index in [-0.39, 0.29) is 29.0 Å². The van der Waals surface area contributed by atoms with E-state index in [4.69, 9.17) is 16.7 Å². The van der Waals surface area contributed by atoms with Gasteiger partial charge in [-0.05, 0) is 43.0 Å². The van der Waals surface area contributed by atoms with Crippen LogP contribution in [0, 0.1) is 0 Å². The maximum absolute atomic E-state index is 12.6. The van der Waals surface area contributed by atoms with Crippen LogP contribution in [-0.4, -0.2) is 35.2 Å². The first-order chi connectivity index (χ1) is 13.5. The van der Waals surface area contributed by atoms with Gasteiger partial charge in [0.1, 0.15) is 5.00 Å². The molecular weight excluding hydrogens is 400 g/mol. The Hall–Kier alpha value is -2.09. The number of hydrogen-bond donors (Lipinski definition) is 4. The second-order valence-corrected chi connectivity index (χ2v) is 8.44. The van der Waals surface area contributed by atoms with Crippen LogP contribution < -0.4 is 10.6 Å². The number of carboxylic acids is 1. The molecule has 0 bridgehead atoms. The van der Waals surface area contributed by atoms with E-state index in [0.717, 1.165) is 49.1 Å². The van der Waals surface area contributed by atoms with Gasteiger partial charge in [0.25, 0.3) is 5.91 Å². The van der Waals surface area contributed by atoms with Crippen molar-refractivity contribution < 1.29 is 19.8 Å². The zero-order valence-electron chi connectivity index (χ0n) is 15.3. The van der Waals surface area contributed by atoms with Gasteiger partial charge in [0.15, 0.2) is 0 Å². The molecule has 0 aliphatic heterocycles. The van der Waals surface area contributed by atoms with Crippen LogP contribution in [0.4, 0.5) is 10.7 Å². The number of benzene rings is 1. The van der Waals surface area contributed by atoms with Crippen molar-refractivity contribution >= 4 is 45.5 Å². The van der Waals surface area contributed by atoms with Gasteiger partial charge in [-0.25, -0.2) is 4.79 Å². The summed E-state index contributed by atoms with van der Waals surface area (Å²) in [4.78, 5) is 24.5. The SMILES string of the molecule is O=C(Nc1sc(Cl)c(C2CCCCC2)c1C(=O)O)c1ccc(NCCO)cc1. The van der Waals surface area contributed by atoms with Crippen molar-refractivity contribution in [3.8, 4) is 0 Å². The largest absolute Gasteiger partial charge is 0.478 e. The van der Waals surface area contributed by atoms with Crippen molar-refractivity contribution in [1.82, 2.24) is 0 Å². The Kier molecular flexibility index (Phi) is 6.93. The summed E-state index contributed by atoms with van der Waals surface area (Å²) in [7, 11) is 0. The molecule has 8 heteroatoms. The summed E-state index contributed by atoms with van der Waals surface area (Å²) < 4.78 is 0.447. The topological polar surface area (TPSA) is 98.7 Å². The first kappa shape index (κ1) is 20.6. The first-order valence-electron chi connectivity index (χ1n) is 9.33. The van der Waals surface area contributed by atoms with Crippen LogP contribution >= 0.6 is 22.9 Å². The molecule has 1 amide bonds. The average molecular weight is 423 g/mol. The number of rotatable bonds is 7. The molecule has 1 saturated carbocycles. The molecule has 6 nitrogen and oxygen atoms in total. The van der Waals surface area contributed by atoms with Gasteiger partial charge >= 0.3 is 5.97 Å². The Balaban J connectivity index is 1.81. The van der Waals surface area contributed by atoms with Crippen molar-refractivity contribution in [2.24, 2.45) is 0 Å². The monoisotopic (exact) mass is 422 g/mol. The van der Waals surface area contributed by atoms with Gasteiger partial charge in [-0.1, -0.05) is 30.9 Å². The Morgan fingerprint density at radius 1 is 1.14 bits per heavy atom. The fraction of sp³-hybridized carbons (Fsp3) is 0.400. The highest BCUT2D eigenvalue weighted by Gasteiger charge is 2.30. The molecule has 0 unspecified atom stereocenters. The molecule has 3 rings (SSSR count). The number of aliphatic hydroxyl groups excluding tert-OH is 1. The molecular formula is C20H23ClN2O4S. The number of nitrogens with one attached hydrogen (secondary N) is 2. The lowest BCUT2D eigenvalue weighted by Crippen LogP contribution is -2.15. The molecule has 1 aromatic heterocycles. The number of hydrogen-bond acceptors (Lipinski definition) is 5. The number of carbonyl (C=O) groups excluding carboxylic acids is 1. The number of carboxylic acid groups (broad SMARTS) is 1. The molecule has 0 saturated heterocycles. The molecule has 1 heterocycles. The van der Waals surface area contributed by atoms with Crippen LogP contribution in [0.5, 0.6) is 0 Å².